The number of rotatable bonds is 7. The smallest absolute Gasteiger partial charge is 0.311 e. The van der Waals surface area contributed by atoms with E-state index in [2.05, 4.69) is 0 Å². The highest BCUT2D eigenvalue weighted by Gasteiger charge is 2.52. The van der Waals surface area contributed by atoms with Gasteiger partial charge < -0.3 is 48.6 Å². The fourth-order valence-electron chi connectivity index (χ4n) is 7.77. The van der Waals surface area contributed by atoms with Gasteiger partial charge in [-0.25, -0.2) is 0 Å². The molecular weight excluding hydrogens is 638 g/mol. The van der Waals surface area contributed by atoms with Crippen molar-refractivity contribution in [3.05, 3.63) is 0 Å². The summed E-state index contributed by atoms with van der Waals surface area (Å²) in [6, 6.07) is -0.303. The van der Waals surface area contributed by atoms with Crippen LogP contribution in [0, 0.1) is 23.7 Å². The van der Waals surface area contributed by atoms with Gasteiger partial charge in [0.15, 0.2) is 12.6 Å². The lowest BCUT2D eigenvalue weighted by molar-refractivity contribution is -0.317. The van der Waals surface area contributed by atoms with Gasteiger partial charge in [0.1, 0.15) is 29.9 Å². The van der Waals surface area contributed by atoms with Gasteiger partial charge in [0.2, 0.25) is 0 Å². The Morgan fingerprint density at radius 1 is 0.918 bits per heavy atom. The Morgan fingerprint density at radius 3 is 2.12 bits per heavy atom. The van der Waals surface area contributed by atoms with Crippen LogP contribution in [-0.4, -0.2) is 132 Å². The van der Waals surface area contributed by atoms with Crippen molar-refractivity contribution in [3.8, 4) is 0 Å². The van der Waals surface area contributed by atoms with E-state index in [-0.39, 0.29) is 43.0 Å². The Kier molecular flexibility index (Phi) is 14.4. The van der Waals surface area contributed by atoms with Crippen molar-refractivity contribution < 1.29 is 58.1 Å². The van der Waals surface area contributed by atoms with Crippen LogP contribution in [0.1, 0.15) is 94.4 Å². The molecule has 0 radical (unpaired) electrons. The maximum atomic E-state index is 13.9. The summed E-state index contributed by atoms with van der Waals surface area (Å²) in [7, 11) is 5.21. The SMILES string of the molecule is CC[C@H]1OC(=O)[C@H](C)[C@@H](OC2C[C@@](C)(OC)[C@@H](O)[C@H](C)O2)[C@H](C)[C@@H](OC2O[C@H](C)C[C@H](N(C)C)[C@H]2O)[C@](C)(O)C[C@@H](C)C(=O)CC(=O)[C@H]1C. The monoisotopic (exact) mass is 701 g/mol. The van der Waals surface area contributed by atoms with Gasteiger partial charge in [-0.15, -0.1) is 0 Å². The molecule has 3 fully saturated rings. The van der Waals surface area contributed by atoms with Crippen LogP contribution in [0.2, 0.25) is 0 Å². The second kappa shape index (κ2) is 16.9. The molecule has 3 N–H and O–H groups in total. The molecule has 0 aromatic carbocycles. The Bertz CT molecular complexity index is 1130. The fraction of sp³-hybridized carbons (Fsp3) is 0.917. The van der Waals surface area contributed by atoms with Gasteiger partial charge in [-0.2, -0.15) is 0 Å². The zero-order valence-corrected chi connectivity index (χ0v) is 31.6. The Morgan fingerprint density at radius 2 is 1.55 bits per heavy atom. The first-order valence-corrected chi connectivity index (χ1v) is 17.8. The first-order chi connectivity index (χ1) is 22.7. The summed E-state index contributed by atoms with van der Waals surface area (Å²) in [6.45, 7) is 15.4. The van der Waals surface area contributed by atoms with Gasteiger partial charge in [-0.05, 0) is 68.0 Å². The summed E-state index contributed by atoms with van der Waals surface area (Å²) in [5, 5.41) is 34.5. The number of esters is 1. The number of Topliss-reactive ketones (excluding diaryl/α,β-unsaturated/α-hetero) is 2. The highest BCUT2D eigenvalue weighted by molar-refractivity contribution is 6.01. The van der Waals surface area contributed by atoms with Crippen LogP contribution >= 0.6 is 0 Å². The van der Waals surface area contributed by atoms with E-state index in [4.69, 9.17) is 28.4 Å². The van der Waals surface area contributed by atoms with Gasteiger partial charge in [0, 0.05) is 31.4 Å². The number of carbonyl (C=O) groups is 3. The average Bonchev–Trinajstić information content (AvgIpc) is 3.02. The molecule has 2 unspecified atom stereocenters. The van der Waals surface area contributed by atoms with Crippen molar-refractivity contribution in [3.63, 3.8) is 0 Å². The second-order valence-electron chi connectivity index (χ2n) is 15.6. The van der Waals surface area contributed by atoms with E-state index >= 15 is 0 Å². The second-order valence-corrected chi connectivity index (χ2v) is 15.6. The number of cyclic esters (lactones) is 1. The minimum atomic E-state index is -1.74. The number of hydrogen-bond donors (Lipinski definition) is 3. The van der Waals surface area contributed by atoms with Crippen LogP contribution < -0.4 is 0 Å². The lowest BCUT2D eigenvalue weighted by Crippen LogP contribution is -2.60. The molecule has 3 heterocycles. The zero-order chi connectivity index (χ0) is 37.2. The Labute approximate surface area is 292 Å². The summed E-state index contributed by atoms with van der Waals surface area (Å²) in [5.74, 6) is -4.53. The molecule has 0 bridgehead atoms. The molecule has 284 valence electrons. The number of nitrogens with zero attached hydrogens (tertiary/aromatic N) is 1. The third-order valence-corrected chi connectivity index (χ3v) is 11.2. The zero-order valence-electron chi connectivity index (χ0n) is 31.6. The summed E-state index contributed by atoms with van der Waals surface area (Å²) in [4.78, 5) is 42.4. The van der Waals surface area contributed by atoms with E-state index in [1.807, 2.05) is 32.8 Å². The lowest BCUT2D eigenvalue weighted by Gasteiger charge is -2.48. The van der Waals surface area contributed by atoms with E-state index in [9.17, 15) is 29.7 Å². The highest BCUT2D eigenvalue weighted by atomic mass is 16.7. The quantitative estimate of drug-likeness (QED) is 0.262. The van der Waals surface area contributed by atoms with Crippen LogP contribution in [0.15, 0.2) is 0 Å². The van der Waals surface area contributed by atoms with Gasteiger partial charge in [-0.3, -0.25) is 14.4 Å². The van der Waals surface area contributed by atoms with Crippen molar-refractivity contribution in [2.45, 2.75) is 167 Å². The van der Waals surface area contributed by atoms with Crippen LogP contribution in [-0.2, 0) is 42.8 Å². The molecule has 0 amide bonds. The van der Waals surface area contributed by atoms with E-state index in [0.29, 0.717) is 12.8 Å². The van der Waals surface area contributed by atoms with Crippen LogP contribution in [0.4, 0.5) is 0 Å². The average molecular weight is 702 g/mol. The number of ether oxygens (including phenoxy) is 6. The third-order valence-electron chi connectivity index (χ3n) is 11.2. The number of aliphatic hydroxyl groups is 3. The van der Waals surface area contributed by atoms with Crippen molar-refractivity contribution >= 4 is 17.5 Å². The molecule has 13 heteroatoms. The molecule has 3 aliphatic heterocycles. The normalized spacial score (nSPS) is 46.7. The Balaban J connectivity index is 2.14. The predicted molar refractivity (Wildman–Crippen MR) is 179 cm³/mol. The molecule has 3 aliphatic rings. The minimum Gasteiger partial charge on any atom is -0.461 e. The highest BCUT2D eigenvalue weighted by Crippen LogP contribution is 2.40. The largest absolute Gasteiger partial charge is 0.461 e. The molecule has 0 aromatic heterocycles. The molecule has 3 rings (SSSR count). The summed E-state index contributed by atoms with van der Waals surface area (Å²) >= 11 is 0. The van der Waals surface area contributed by atoms with Crippen LogP contribution in [0.3, 0.4) is 0 Å². The molecule has 0 spiro atoms. The molecular formula is C36H63NO12. The molecule has 3 saturated heterocycles. The first-order valence-electron chi connectivity index (χ1n) is 17.8. The maximum absolute atomic E-state index is 13.9. The predicted octanol–water partition coefficient (Wildman–Crippen LogP) is 2.63. The van der Waals surface area contributed by atoms with Crippen LogP contribution in [0.5, 0.6) is 0 Å². The number of hydrogen-bond acceptors (Lipinski definition) is 13. The molecule has 13 nitrogen and oxygen atoms in total. The minimum absolute atomic E-state index is 0.0777. The Hall–Kier alpha value is -1.55. The van der Waals surface area contributed by atoms with Crippen molar-refractivity contribution in [2.75, 3.05) is 21.2 Å². The third kappa shape index (κ3) is 9.66. The van der Waals surface area contributed by atoms with E-state index in [1.165, 1.54) is 7.11 Å². The summed E-state index contributed by atoms with van der Waals surface area (Å²) < 4.78 is 37.1. The molecule has 49 heavy (non-hydrogen) atoms. The number of likely N-dealkylation sites (N-methyl/N-ethyl adjacent to an activating group) is 1. The number of methoxy groups -OCH3 is 1. The summed E-state index contributed by atoms with van der Waals surface area (Å²) in [5.41, 5.74) is -2.76. The molecule has 16 atom stereocenters. The topological polar surface area (TPSA) is 171 Å². The summed E-state index contributed by atoms with van der Waals surface area (Å²) in [6.07, 6.45) is -7.43. The van der Waals surface area contributed by atoms with Gasteiger partial charge in [-0.1, -0.05) is 27.7 Å². The fourth-order valence-corrected chi connectivity index (χ4v) is 7.77. The molecule has 0 aromatic rings. The molecule has 0 saturated carbocycles. The number of aliphatic hydroxyl groups excluding tert-OH is 2. The van der Waals surface area contributed by atoms with Crippen molar-refractivity contribution in [1.82, 2.24) is 4.90 Å². The number of carbonyl (C=O) groups excluding carboxylic acids is 3. The van der Waals surface area contributed by atoms with E-state index in [0.717, 1.165) is 0 Å². The van der Waals surface area contributed by atoms with Gasteiger partial charge in [0.05, 0.1) is 53.9 Å². The van der Waals surface area contributed by atoms with Crippen molar-refractivity contribution in [2.24, 2.45) is 23.7 Å². The maximum Gasteiger partial charge on any atom is 0.311 e. The van der Waals surface area contributed by atoms with E-state index in [1.54, 1.807) is 48.5 Å². The van der Waals surface area contributed by atoms with Gasteiger partial charge in [0.25, 0.3) is 0 Å². The number of ketones is 2. The lowest BCUT2D eigenvalue weighted by atomic mass is 9.76. The van der Waals surface area contributed by atoms with Gasteiger partial charge >= 0.3 is 5.97 Å². The van der Waals surface area contributed by atoms with E-state index < -0.39 is 90.0 Å². The first kappa shape index (κ1) is 41.9. The van der Waals surface area contributed by atoms with Crippen LogP contribution in [0.25, 0.3) is 0 Å². The standard InChI is InChI=1S/C36H63NO12/c1-13-27-20(4)26(39)15-25(38)18(2)16-35(8,43)32(49-34-29(40)24(37(10)11)14-19(3)45-34)21(5)30(22(6)33(42)47-27)48-28-17-36(9,44-12)31(41)23(7)46-28/h18-24,27-32,34,40-41,43H,13-17H2,1-12H3/t18-,19-,20-,21+,22-,23+,24+,27-,28?,29-,30+,31+,32-,34?,35-,36-/m1/s1. The molecule has 0 aliphatic carbocycles. The van der Waals surface area contributed by atoms with Crippen molar-refractivity contribution in [1.29, 1.82) is 0 Å².